The first-order chi connectivity index (χ1) is 12.6. The first-order valence-electron chi connectivity index (χ1n) is 9.16. The van der Waals surface area contributed by atoms with Crippen LogP contribution in [0.5, 0.6) is 5.75 Å². The van der Waals surface area contributed by atoms with Crippen molar-refractivity contribution in [1.29, 1.82) is 0 Å². The summed E-state index contributed by atoms with van der Waals surface area (Å²) >= 11 is 0. The van der Waals surface area contributed by atoms with Gasteiger partial charge in [-0.05, 0) is 37.1 Å². The lowest BCUT2D eigenvalue weighted by atomic mass is 10.2. The van der Waals surface area contributed by atoms with Crippen LogP contribution in [-0.2, 0) is 19.6 Å². The SMILES string of the molecule is O=C(COc1ccc(S(=O)(=O)N2CCOCC2)cc1)N1CCCCCC1. The molecule has 0 spiro atoms. The zero-order valence-corrected chi connectivity index (χ0v) is 15.7. The largest absolute Gasteiger partial charge is 0.484 e. The van der Waals surface area contributed by atoms with Gasteiger partial charge < -0.3 is 14.4 Å². The predicted octanol–water partition coefficient (Wildman–Crippen LogP) is 1.49. The summed E-state index contributed by atoms with van der Waals surface area (Å²) in [6.07, 6.45) is 4.42. The first-order valence-corrected chi connectivity index (χ1v) is 10.6. The highest BCUT2D eigenvalue weighted by Crippen LogP contribution is 2.20. The number of ether oxygens (including phenoxy) is 2. The van der Waals surface area contributed by atoms with Gasteiger partial charge in [-0.25, -0.2) is 8.42 Å². The number of benzene rings is 1. The Morgan fingerprint density at radius 1 is 0.962 bits per heavy atom. The number of likely N-dealkylation sites (tertiary alicyclic amines) is 1. The number of rotatable bonds is 5. The molecule has 1 aromatic carbocycles. The number of carbonyl (C=O) groups is 1. The molecule has 144 valence electrons. The van der Waals surface area contributed by atoms with E-state index in [4.69, 9.17) is 9.47 Å². The highest BCUT2D eigenvalue weighted by molar-refractivity contribution is 7.89. The minimum absolute atomic E-state index is 0.0167. The molecule has 1 amide bonds. The maximum absolute atomic E-state index is 12.6. The Balaban J connectivity index is 1.56. The van der Waals surface area contributed by atoms with E-state index in [-0.39, 0.29) is 17.4 Å². The maximum Gasteiger partial charge on any atom is 0.260 e. The maximum atomic E-state index is 12.6. The molecule has 1 aromatic rings. The Labute approximate surface area is 154 Å². The molecule has 26 heavy (non-hydrogen) atoms. The molecule has 0 atom stereocenters. The molecular weight excluding hydrogens is 356 g/mol. The number of sulfonamides is 1. The van der Waals surface area contributed by atoms with Gasteiger partial charge in [0.1, 0.15) is 5.75 Å². The monoisotopic (exact) mass is 382 g/mol. The van der Waals surface area contributed by atoms with Crippen LogP contribution in [0, 0.1) is 0 Å². The Morgan fingerprint density at radius 3 is 2.19 bits per heavy atom. The summed E-state index contributed by atoms with van der Waals surface area (Å²) in [5, 5.41) is 0. The molecule has 0 saturated carbocycles. The van der Waals surface area contributed by atoms with Crippen LogP contribution in [0.15, 0.2) is 29.2 Å². The van der Waals surface area contributed by atoms with Gasteiger partial charge in [-0.15, -0.1) is 0 Å². The lowest BCUT2D eigenvalue weighted by molar-refractivity contribution is -0.133. The highest BCUT2D eigenvalue weighted by Gasteiger charge is 2.26. The zero-order valence-electron chi connectivity index (χ0n) is 14.9. The van der Waals surface area contributed by atoms with E-state index < -0.39 is 10.0 Å². The third kappa shape index (κ3) is 4.75. The number of carbonyl (C=O) groups excluding carboxylic acids is 1. The Kier molecular flexibility index (Phi) is 6.50. The van der Waals surface area contributed by atoms with Crippen LogP contribution in [0.2, 0.25) is 0 Å². The summed E-state index contributed by atoms with van der Waals surface area (Å²) < 4.78 is 37.3. The van der Waals surface area contributed by atoms with Crippen LogP contribution in [0.1, 0.15) is 25.7 Å². The van der Waals surface area contributed by atoms with Crippen molar-refractivity contribution in [3.05, 3.63) is 24.3 Å². The quantitative estimate of drug-likeness (QED) is 0.771. The first kappa shape index (κ1) is 19.1. The summed E-state index contributed by atoms with van der Waals surface area (Å²) in [7, 11) is -3.51. The van der Waals surface area contributed by atoms with Gasteiger partial charge in [0.25, 0.3) is 5.91 Å². The standard InChI is InChI=1S/C18H26N2O5S/c21-18(19-9-3-1-2-4-10-19)15-25-16-5-7-17(8-6-16)26(22,23)20-11-13-24-14-12-20/h5-8H,1-4,9-15H2. The van der Waals surface area contributed by atoms with Gasteiger partial charge in [-0.1, -0.05) is 12.8 Å². The second-order valence-corrected chi connectivity index (χ2v) is 8.51. The van der Waals surface area contributed by atoms with Crippen molar-refractivity contribution in [2.24, 2.45) is 0 Å². The van der Waals surface area contributed by atoms with Crippen molar-refractivity contribution >= 4 is 15.9 Å². The topological polar surface area (TPSA) is 76.2 Å². The van der Waals surface area contributed by atoms with E-state index >= 15 is 0 Å². The summed E-state index contributed by atoms with van der Waals surface area (Å²) in [5.74, 6) is 0.478. The van der Waals surface area contributed by atoms with E-state index in [0.717, 1.165) is 25.9 Å². The molecule has 7 nitrogen and oxygen atoms in total. The van der Waals surface area contributed by atoms with Crippen LogP contribution in [0.25, 0.3) is 0 Å². The predicted molar refractivity (Wildman–Crippen MR) is 96.6 cm³/mol. The molecule has 2 aliphatic rings. The van der Waals surface area contributed by atoms with Crippen LogP contribution in [-0.4, -0.2) is 69.5 Å². The Morgan fingerprint density at radius 2 is 1.58 bits per heavy atom. The second-order valence-electron chi connectivity index (χ2n) is 6.57. The Bertz CT molecular complexity index is 691. The van der Waals surface area contributed by atoms with Gasteiger partial charge in [-0.2, -0.15) is 4.31 Å². The Hall–Kier alpha value is -1.64. The molecule has 8 heteroatoms. The molecule has 2 aliphatic heterocycles. The minimum atomic E-state index is -3.51. The lowest BCUT2D eigenvalue weighted by Gasteiger charge is -2.26. The molecule has 0 aromatic heterocycles. The smallest absolute Gasteiger partial charge is 0.260 e. The van der Waals surface area contributed by atoms with Gasteiger partial charge in [0.2, 0.25) is 10.0 Å². The molecule has 0 bridgehead atoms. The normalized spacial score (nSPS) is 19.8. The van der Waals surface area contributed by atoms with Gasteiger partial charge in [0.05, 0.1) is 18.1 Å². The summed E-state index contributed by atoms with van der Waals surface area (Å²) in [5.41, 5.74) is 0. The third-order valence-electron chi connectivity index (χ3n) is 4.75. The second kappa shape index (κ2) is 8.83. The van der Waals surface area contributed by atoms with E-state index in [2.05, 4.69) is 0 Å². The van der Waals surface area contributed by atoms with E-state index in [1.165, 1.54) is 29.3 Å². The third-order valence-corrected chi connectivity index (χ3v) is 6.67. The van der Waals surface area contributed by atoms with E-state index in [9.17, 15) is 13.2 Å². The fourth-order valence-corrected chi connectivity index (χ4v) is 4.61. The molecule has 0 unspecified atom stereocenters. The number of amides is 1. The number of hydrogen-bond donors (Lipinski definition) is 0. The molecule has 2 saturated heterocycles. The van der Waals surface area contributed by atoms with Crippen molar-refractivity contribution in [3.63, 3.8) is 0 Å². The van der Waals surface area contributed by atoms with Crippen LogP contribution in [0.4, 0.5) is 0 Å². The van der Waals surface area contributed by atoms with Gasteiger partial charge >= 0.3 is 0 Å². The van der Waals surface area contributed by atoms with Crippen molar-refractivity contribution in [2.45, 2.75) is 30.6 Å². The fraction of sp³-hybridized carbons (Fsp3) is 0.611. The van der Waals surface area contributed by atoms with Crippen LogP contribution in [0.3, 0.4) is 0 Å². The number of nitrogens with zero attached hydrogens (tertiary/aromatic N) is 2. The van der Waals surface area contributed by atoms with Crippen LogP contribution >= 0.6 is 0 Å². The van der Waals surface area contributed by atoms with Crippen molar-refractivity contribution in [3.8, 4) is 5.75 Å². The van der Waals surface area contributed by atoms with E-state index in [1.807, 2.05) is 4.90 Å². The van der Waals surface area contributed by atoms with Gasteiger partial charge in [0, 0.05) is 26.2 Å². The van der Waals surface area contributed by atoms with Crippen molar-refractivity contribution < 1.29 is 22.7 Å². The van der Waals surface area contributed by atoms with E-state index in [0.29, 0.717) is 32.1 Å². The van der Waals surface area contributed by atoms with Crippen LogP contribution < -0.4 is 4.74 Å². The lowest BCUT2D eigenvalue weighted by Crippen LogP contribution is -2.40. The van der Waals surface area contributed by atoms with Crippen molar-refractivity contribution in [1.82, 2.24) is 9.21 Å². The average molecular weight is 382 g/mol. The molecule has 3 rings (SSSR count). The summed E-state index contributed by atoms with van der Waals surface area (Å²) in [4.78, 5) is 14.3. The van der Waals surface area contributed by atoms with Gasteiger partial charge in [-0.3, -0.25) is 4.79 Å². The zero-order chi connectivity index (χ0) is 18.4. The molecule has 2 heterocycles. The average Bonchev–Trinajstić information content (AvgIpc) is 2.97. The molecule has 0 radical (unpaired) electrons. The van der Waals surface area contributed by atoms with Gasteiger partial charge in [0.15, 0.2) is 6.61 Å². The molecule has 0 aliphatic carbocycles. The van der Waals surface area contributed by atoms with Crippen molar-refractivity contribution in [2.75, 3.05) is 46.0 Å². The number of hydrogen-bond acceptors (Lipinski definition) is 5. The molecular formula is C18H26N2O5S. The fourth-order valence-electron chi connectivity index (χ4n) is 3.20. The summed E-state index contributed by atoms with van der Waals surface area (Å²) in [6.45, 7) is 3.13. The minimum Gasteiger partial charge on any atom is -0.484 e. The number of morpholine rings is 1. The van der Waals surface area contributed by atoms with E-state index in [1.54, 1.807) is 12.1 Å². The molecule has 0 N–H and O–H groups in total. The molecule has 2 fully saturated rings. The summed E-state index contributed by atoms with van der Waals surface area (Å²) in [6, 6.07) is 6.25. The highest BCUT2D eigenvalue weighted by atomic mass is 32.2.